The number of hydrogen-bond donors (Lipinski definition) is 1. The van der Waals surface area contributed by atoms with Crippen LogP contribution in [0.4, 0.5) is 5.13 Å². The van der Waals surface area contributed by atoms with Crippen molar-refractivity contribution in [1.29, 1.82) is 0 Å². The molecule has 1 amide bonds. The molecule has 0 aliphatic heterocycles. The Hall–Kier alpha value is -3.32. The zero-order valence-electron chi connectivity index (χ0n) is 17.4. The summed E-state index contributed by atoms with van der Waals surface area (Å²) in [6, 6.07) is 13.5. The second kappa shape index (κ2) is 8.20. The van der Waals surface area contributed by atoms with E-state index in [0.29, 0.717) is 5.13 Å². The maximum absolute atomic E-state index is 12.5. The van der Waals surface area contributed by atoms with Gasteiger partial charge in [-0.2, -0.15) is 0 Å². The Morgan fingerprint density at radius 1 is 1.10 bits per heavy atom. The van der Waals surface area contributed by atoms with E-state index in [1.54, 1.807) is 14.2 Å². The largest absolute Gasteiger partial charge is 0.497 e. The summed E-state index contributed by atoms with van der Waals surface area (Å²) in [5.41, 5.74) is 5.04. The van der Waals surface area contributed by atoms with Crippen molar-refractivity contribution in [2.75, 3.05) is 19.5 Å². The van der Waals surface area contributed by atoms with E-state index in [9.17, 15) is 4.79 Å². The van der Waals surface area contributed by atoms with E-state index >= 15 is 0 Å². The molecule has 0 aliphatic carbocycles. The smallest absolute Gasteiger partial charge is 0.230 e. The molecule has 2 aromatic carbocycles. The molecule has 1 N–H and O–H groups in total. The number of rotatable bonds is 6. The molecule has 154 valence electrons. The van der Waals surface area contributed by atoms with Crippen LogP contribution in [-0.4, -0.2) is 29.7 Å². The van der Waals surface area contributed by atoms with Gasteiger partial charge in [0.05, 0.1) is 26.3 Å². The third kappa shape index (κ3) is 3.76. The van der Waals surface area contributed by atoms with E-state index in [0.717, 1.165) is 44.9 Å². The van der Waals surface area contributed by atoms with E-state index in [2.05, 4.69) is 27.9 Å². The van der Waals surface area contributed by atoms with Crippen LogP contribution in [0.1, 0.15) is 11.3 Å². The Bertz CT molecular complexity index is 1210. The molecule has 6 nitrogen and oxygen atoms in total. The Labute approximate surface area is 179 Å². The topological polar surface area (TPSA) is 65.4 Å². The summed E-state index contributed by atoms with van der Waals surface area (Å²) in [6.07, 6.45) is 0.281. The zero-order valence-corrected chi connectivity index (χ0v) is 18.2. The Morgan fingerprint density at radius 3 is 2.50 bits per heavy atom. The van der Waals surface area contributed by atoms with Crippen molar-refractivity contribution in [1.82, 2.24) is 9.55 Å². The van der Waals surface area contributed by atoms with Gasteiger partial charge in [-0.3, -0.25) is 4.79 Å². The molecule has 0 fully saturated rings. The fraction of sp³-hybridized carbons (Fsp3) is 0.217. The molecule has 4 rings (SSSR count). The summed E-state index contributed by atoms with van der Waals surface area (Å²) >= 11 is 1.42. The predicted octanol–water partition coefficient (Wildman–Crippen LogP) is 4.81. The molecular weight excluding hydrogens is 398 g/mol. The lowest BCUT2D eigenvalue weighted by molar-refractivity contribution is -0.115. The maximum atomic E-state index is 12.5. The molecular formula is C23H23N3O3S. The van der Waals surface area contributed by atoms with Crippen LogP contribution in [0.5, 0.6) is 11.5 Å². The van der Waals surface area contributed by atoms with Gasteiger partial charge in [-0.25, -0.2) is 4.98 Å². The normalized spacial score (nSPS) is 10.9. The van der Waals surface area contributed by atoms with Crippen molar-refractivity contribution in [3.63, 3.8) is 0 Å². The molecule has 7 heteroatoms. The molecule has 2 heterocycles. The molecule has 0 saturated carbocycles. The fourth-order valence-corrected chi connectivity index (χ4v) is 4.26. The number of hydrogen-bond acceptors (Lipinski definition) is 5. The first kappa shape index (κ1) is 20.0. The number of benzene rings is 2. The molecule has 0 aliphatic rings. The summed E-state index contributed by atoms with van der Waals surface area (Å²) in [7, 11) is 5.32. The van der Waals surface area contributed by atoms with E-state index in [1.165, 1.54) is 11.3 Å². The van der Waals surface area contributed by atoms with Gasteiger partial charge in [0.1, 0.15) is 11.5 Å². The predicted molar refractivity (Wildman–Crippen MR) is 121 cm³/mol. The molecule has 30 heavy (non-hydrogen) atoms. The molecule has 0 bridgehead atoms. The van der Waals surface area contributed by atoms with Crippen LogP contribution < -0.4 is 14.8 Å². The molecule has 0 unspecified atom stereocenters. The summed E-state index contributed by atoms with van der Waals surface area (Å²) in [4.78, 5) is 17.1. The van der Waals surface area contributed by atoms with Gasteiger partial charge in [-0.15, -0.1) is 11.3 Å². The van der Waals surface area contributed by atoms with Crippen molar-refractivity contribution < 1.29 is 14.3 Å². The van der Waals surface area contributed by atoms with Crippen molar-refractivity contribution in [2.45, 2.75) is 13.3 Å². The number of carbonyl (C=O) groups is 1. The number of amides is 1. The molecule has 0 atom stereocenters. The van der Waals surface area contributed by atoms with E-state index < -0.39 is 0 Å². The molecule has 2 aromatic heterocycles. The summed E-state index contributed by atoms with van der Waals surface area (Å²) in [6.45, 7) is 2.07. The highest BCUT2D eigenvalue weighted by molar-refractivity contribution is 7.14. The number of fused-ring (bicyclic) bond motifs is 1. The quantitative estimate of drug-likeness (QED) is 0.485. The number of nitrogens with one attached hydrogen (secondary N) is 1. The van der Waals surface area contributed by atoms with Gasteiger partial charge in [0.25, 0.3) is 0 Å². The third-order valence-electron chi connectivity index (χ3n) is 5.23. The molecule has 0 spiro atoms. The second-order valence-electron chi connectivity index (χ2n) is 7.01. The van der Waals surface area contributed by atoms with Crippen LogP contribution in [0, 0.1) is 6.92 Å². The molecule has 0 saturated heterocycles. The summed E-state index contributed by atoms with van der Waals surface area (Å²) in [5.74, 6) is 1.47. The van der Waals surface area contributed by atoms with Crippen LogP contribution in [0.25, 0.3) is 22.2 Å². The highest BCUT2D eigenvalue weighted by Gasteiger charge is 2.17. The zero-order chi connectivity index (χ0) is 21.3. The maximum Gasteiger partial charge on any atom is 0.230 e. The number of thiazole rings is 1. The van der Waals surface area contributed by atoms with Crippen molar-refractivity contribution in [2.24, 2.45) is 7.05 Å². The van der Waals surface area contributed by atoms with Gasteiger partial charge >= 0.3 is 0 Å². The Morgan fingerprint density at radius 2 is 1.80 bits per heavy atom. The minimum atomic E-state index is -0.0997. The summed E-state index contributed by atoms with van der Waals surface area (Å²) < 4.78 is 12.7. The average Bonchev–Trinajstić information content (AvgIpc) is 3.30. The molecule has 0 radical (unpaired) electrons. The number of methoxy groups -OCH3 is 2. The minimum Gasteiger partial charge on any atom is -0.497 e. The number of nitrogens with zero attached hydrogens (tertiary/aromatic N) is 2. The van der Waals surface area contributed by atoms with Crippen LogP contribution in [0.15, 0.2) is 47.8 Å². The standard InChI is InChI=1S/C23H23N3O3S/c1-14-22(18-12-17(29-4)9-10-20(18)26(14)2)19-13-30-23(24-19)25-21(27)11-15-5-7-16(28-3)8-6-15/h5-10,12-13H,11H2,1-4H3,(H,24,25,27). The van der Waals surface area contributed by atoms with Crippen molar-refractivity contribution >= 4 is 33.3 Å². The lowest BCUT2D eigenvalue weighted by Crippen LogP contribution is -2.14. The van der Waals surface area contributed by atoms with Gasteiger partial charge in [0, 0.05) is 34.6 Å². The van der Waals surface area contributed by atoms with Gasteiger partial charge in [-0.05, 0) is 42.8 Å². The highest BCUT2D eigenvalue weighted by Crippen LogP contribution is 2.37. The lowest BCUT2D eigenvalue weighted by Gasteiger charge is -2.04. The number of aromatic nitrogens is 2. The number of ether oxygens (including phenoxy) is 2. The number of aryl methyl sites for hydroxylation is 1. The van der Waals surface area contributed by atoms with Gasteiger partial charge in [-0.1, -0.05) is 12.1 Å². The van der Waals surface area contributed by atoms with E-state index in [1.807, 2.05) is 48.8 Å². The highest BCUT2D eigenvalue weighted by atomic mass is 32.1. The fourth-order valence-electron chi connectivity index (χ4n) is 3.54. The Balaban J connectivity index is 1.56. The van der Waals surface area contributed by atoms with Crippen LogP contribution in [0.2, 0.25) is 0 Å². The number of carbonyl (C=O) groups excluding carboxylic acids is 1. The summed E-state index contributed by atoms with van der Waals surface area (Å²) in [5, 5.41) is 6.55. The van der Waals surface area contributed by atoms with Crippen LogP contribution in [0.3, 0.4) is 0 Å². The first-order valence-corrected chi connectivity index (χ1v) is 10.4. The molecule has 4 aromatic rings. The van der Waals surface area contributed by atoms with Crippen LogP contribution in [-0.2, 0) is 18.3 Å². The SMILES string of the molecule is COc1ccc(CC(=O)Nc2nc(-c3c(C)n(C)c4ccc(OC)cc34)cs2)cc1. The lowest BCUT2D eigenvalue weighted by atomic mass is 10.1. The van der Waals surface area contributed by atoms with Crippen molar-refractivity contribution in [3.05, 3.63) is 59.1 Å². The van der Waals surface area contributed by atoms with Gasteiger partial charge in [0.2, 0.25) is 5.91 Å². The minimum absolute atomic E-state index is 0.0997. The Kier molecular flexibility index (Phi) is 5.46. The van der Waals surface area contributed by atoms with Gasteiger partial charge < -0.3 is 19.4 Å². The second-order valence-corrected chi connectivity index (χ2v) is 7.87. The number of anilines is 1. The van der Waals surface area contributed by atoms with E-state index in [4.69, 9.17) is 9.47 Å². The van der Waals surface area contributed by atoms with Crippen LogP contribution >= 0.6 is 11.3 Å². The first-order valence-electron chi connectivity index (χ1n) is 9.52. The average molecular weight is 422 g/mol. The van der Waals surface area contributed by atoms with Gasteiger partial charge in [0.15, 0.2) is 5.13 Å². The first-order chi connectivity index (χ1) is 14.5. The third-order valence-corrected chi connectivity index (χ3v) is 5.99. The van der Waals surface area contributed by atoms with E-state index in [-0.39, 0.29) is 12.3 Å². The van der Waals surface area contributed by atoms with Crippen molar-refractivity contribution in [3.8, 4) is 22.8 Å². The monoisotopic (exact) mass is 421 g/mol.